The van der Waals surface area contributed by atoms with Crippen LogP contribution >= 0.6 is 0 Å². The van der Waals surface area contributed by atoms with E-state index >= 15 is 0 Å². The molecule has 1 radical (unpaired) electrons. The number of nitrogens with zero attached hydrogens (tertiary/aromatic N) is 1. The quantitative estimate of drug-likeness (QED) is 0.662. The van der Waals surface area contributed by atoms with E-state index in [0.717, 1.165) is 16.9 Å². The van der Waals surface area contributed by atoms with E-state index in [1.165, 1.54) is 0 Å². The van der Waals surface area contributed by atoms with Gasteiger partial charge in [0.15, 0.2) is 0 Å². The number of nitrogens with one attached hydrogen (secondary N) is 1. The lowest BCUT2D eigenvalue weighted by atomic mass is 10.3. The van der Waals surface area contributed by atoms with Gasteiger partial charge < -0.3 is 10.7 Å². The van der Waals surface area contributed by atoms with Crippen molar-refractivity contribution in [2.75, 3.05) is 0 Å². The number of aromatic amines is 1. The minimum atomic E-state index is 0.714. The predicted octanol–water partition coefficient (Wildman–Crippen LogP) is 1.42. The monoisotopic (exact) mass is 160 g/mol. The molecule has 1 heterocycles. The molecule has 3 N–H and O–H groups in total. The lowest BCUT2D eigenvalue weighted by Gasteiger charge is -1.94. The van der Waals surface area contributed by atoms with Gasteiger partial charge >= 0.3 is 0 Å². The van der Waals surface area contributed by atoms with Gasteiger partial charge in [-0.1, -0.05) is 12.1 Å². The van der Waals surface area contributed by atoms with Crippen molar-refractivity contribution in [3.05, 3.63) is 36.1 Å². The molecule has 61 valence electrons. The molecule has 0 saturated heterocycles. The van der Waals surface area contributed by atoms with Crippen LogP contribution in [0.15, 0.2) is 24.3 Å². The van der Waals surface area contributed by atoms with E-state index in [4.69, 9.17) is 5.73 Å². The Kier molecular flexibility index (Phi) is 1.59. The van der Waals surface area contributed by atoms with Gasteiger partial charge in [-0.05, 0) is 19.1 Å². The molecule has 2 aromatic rings. The molecule has 0 bridgehead atoms. The number of imidazole rings is 1. The Morgan fingerprint density at radius 1 is 1.42 bits per heavy atom. The molecule has 1 aromatic carbocycles. The number of para-hydroxylation sites is 2. The first-order chi connectivity index (χ1) is 5.77. The number of H-pyrrole nitrogens is 1. The Bertz CT molecular complexity index is 356. The van der Waals surface area contributed by atoms with Gasteiger partial charge in [-0.3, -0.25) is 0 Å². The van der Waals surface area contributed by atoms with Gasteiger partial charge in [0.2, 0.25) is 0 Å². The first-order valence-corrected chi connectivity index (χ1v) is 3.81. The summed E-state index contributed by atoms with van der Waals surface area (Å²) in [6, 6.07) is 8.58. The summed E-state index contributed by atoms with van der Waals surface area (Å²) in [5.74, 6) is 0.760. The van der Waals surface area contributed by atoms with E-state index in [1.54, 1.807) is 0 Å². The Morgan fingerprint density at radius 2 is 2.17 bits per heavy atom. The van der Waals surface area contributed by atoms with Crippen LogP contribution in [0.1, 0.15) is 12.7 Å². The highest BCUT2D eigenvalue weighted by Gasteiger charge is 2.05. The predicted molar refractivity (Wildman–Crippen MR) is 48.3 cm³/mol. The number of benzene rings is 1. The summed E-state index contributed by atoms with van der Waals surface area (Å²) in [6.07, 6.45) is 0. The SMILES string of the molecule is C[C](N)c1nc2ccccc2[nH]1. The summed E-state index contributed by atoms with van der Waals surface area (Å²) in [7, 11) is 0. The van der Waals surface area contributed by atoms with E-state index < -0.39 is 0 Å². The zero-order valence-corrected chi connectivity index (χ0v) is 6.83. The molecule has 0 atom stereocenters. The van der Waals surface area contributed by atoms with E-state index in [1.807, 2.05) is 31.2 Å². The average Bonchev–Trinajstić information content (AvgIpc) is 2.46. The van der Waals surface area contributed by atoms with Gasteiger partial charge in [0, 0.05) is 0 Å². The van der Waals surface area contributed by atoms with Crippen molar-refractivity contribution in [2.45, 2.75) is 6.92 Å². The van der Waals surface area contributed by atoms with E-state index in [2.05, 4.69) is 9.97 Å². The maximum atomic E-state index is 5.60. The third kappa shape index (κ3) is 1.08. The van der Waals surface area contributed by atoms with Crippen molar-refractivity contribution in [3.8, 4) is 0 Å². The van der Waals surface area contributed by atoms with Gasteiger partial charge in [-0.25, -0.2) is 4.98 Å². The summed E-state index contributed by atoms with van der Waals surface area (Å²) in [5, 5.41) is 0. The summed E-state index contributed by atoms with van der Waals surface area (Å²) in [6.45, 7) is 1.83. The molecule has 2 rings (SSSR count). The van der Waals surface area contributed by atoms with Gasteiger partial charge in [0.1, 0.15) is 5.82 Å². The molecule has 12 heavy (non-hydrogen) atoms. The van der Waals surface area contributed by atoms with Gasteiger partial charge in [-0.2, -0.15) is 0 Å². The summed E-state index contributed by atoms with van der Waals surface area (Å²) >= 11 is 0. The molecule has 3 nitrogen and oxygen atoms in total. The fourth-order valence-corrected chi connectivity index (χ4v) is 1.14. The van der Waals surface area contributed by atoms with Gasteiger partial charge in [0.25, 0.3) is 0 Å². The van der Waals surface area contributed by atoms with E-state index in [0.29, 0.717) is 6.04 Å². The number of hydrogen-bond acceptors (Lipinski definition) is 2. The summed E-state index contributed by atoms with van der Waals surface area (Å²) < 4.78 is 0. The van der Waals surface area contributed by atoms with Crippen molar-refractivity contribution in [1.29, 1.82) is 0 Å². The topological polar surface area (TPSA) is 54.7 Å². The van der Waals surface area contributed by atoms with E-state index in [-0.39, 0.29) is 0 Å². The number of fused-ring (bicyclic) bond motifs is 1. The van der Waals surface area contributed by atoms with Crippen LogP contribution in [0.3, 0.4) is 0 Å². The van der Waals surface area contributed by atoms with E-state index in [9.17, 15) is 0 Å². The third-order valence-electron chi connectivity index (χ3n) is 1.76. The first kappa shape index (κ1) is 7.31. The molecule has 0 aliphatic heterocycles. The van der Waals surface area contributed by atoms with Crippen molar-refractivity contribution in [2.24, 2.45) is 5.73 Å². The number of aromatic nitrogens is 2. The molecule has 0 unspecified atom stereocenters. The van der Waals surface area contributed by atoms with Crippen LogP contribution in [-0.4, -0.2) is 9.97 Å². The Labute approximate surface area is 70.6 Å². The van der Waals surface area contributed by atoms with Crippen LogP contribution < -0.4 is 5.73 Å². The number of nitrogens with two attached hydrogens (primary N) is 1. The molecule has 0 fully saturated rings. The van der Waals surface area contributed by atoms with Gasteiger partial charge in [0.05, 0.1) is 17.1 Å². The zero-order chi connectivity index (χ0) is 8.55. The molecule has 0 aliphatic rings. The van der Waals surface area contributed by atoms with Crippen LogP contribution in [0, 0.1) is 6.04 Å². The molecule has 0 spiro atoms. The van der Waals surface area contributed by atoms with Crippen LogP contribution in [0.25, 0.3) is 11.0 Å². The van der Waals surface area contributed by atoms with Crippen LogP contribution in [0.2, 0.25) is 0 Å². The van der Waals surface area contributed by atoms with Crippen LogP contribution in [-0.2, 0) is 0 Å². The Hall–Kier alpha value is -1.35. The molecular formula is C9H10N3. The molecule has 3 heteroatoms. The minimum Gasteiger partial charge on any atom is -0.340 e. The van der Waals surface area contributed by atoms with Crippen LogP contribution in [0.5, 0.6) is 0 Å². The Morgan fingerprint density at radius 3 is 2.83 bits per heavy atom. The second-order valence-electron chi connectivity index (χ2n) is 2.79. The zero-order valence-electron chi connectivity index (χ0n) is 6.83. The maximum absolute atomic E-state index is 5.60. The van der Waals surface area contributed by atoms with Gasteiger partial charge in [-0.15, -0.1) is 0 Å². The number of hydrogen-bond donors (Lipinski definition) is 2. The Balaban J connectivity index is 2.62. The van der Waals surface area contributed by atoms with Crippen LogP contribution in [0.4, 0.5) is 0 Å². The fraction of sp³-hybridized carbons (Fsp3) is 0.111. The molecule has 0 aliphatic carbocycles. The standard InChI is InChI=1S/C9H10N3/c1-6(10)9-11-7-4-2-3-5-8(7)12-9/h2-5H,10H2,1H3,(H,11,12). The molecular weight excluding hydrogens is 150 g/mol. The maximum Gasteiger partial charge on any atom is 0.129 e. The summed E-state index contributed by atoms with van der Waals surface area (Å²) in [4.78, 5) is 7.42. The second-order valence-corrected chi connectivity index (χ2v) is 2.79. The second kappa shape index (κ2) is 2.60. The van der Waals surface area contributed by atoms with Crippen molar-refractivity contribution >= 4 is 11.0 Å². The highest BCUT2D eigenvalue weighted by molar-refractivity contribution is 5.75. The minimum absolute atomic E-state index is 0.714. The van der Waals surface area contributed by atoms with Crippen molar-refractivity contribution < 1.29 is 0 Å². The fourth-order valence-electron chi connectivity index (χ4n) is 1.14. The lowest BCUT2D eigenvalue weighted by molar-refractivity contribution is 0.990. The molecule has 0 saturated carbocycles. The summed E-state index contributed by atoms with van der Waals surface area (Å²) in [5.41, 5.74) is 7.58. The highest BCUT2D eigenvalue weighted by Crippen LogP contribution is 2.12. The lowest BCUT2D eigenvalue weighted by Crippen LogP contribution is -2.07. The molecule has 1 aromatic heterocycles. The van der Waals surface area contributed by atoms with Crippen molar-refractivity contribution in [3.63, 3.8) is 0 Å². The average molecular weight is 160 g/mol. The van der Waals surface area contributed by atoms with Crippen molar-refractivity contribution in [1.82, 2.24) is 9.97 Å². The highest BCUT2D eigenvalue weighted by atomic mass is 15.0. The first-order valence-electron chi connectivity index (χ1n) is 3.81. The molecule has 0 amide bonds. The third-order valence-corrected chi connectivity index (χ3v) is 1.76. The number of rotatable bonds is 1. The largest absolute Gasteiger partial charge is 0.340 e. The normalized spacial score (nSPS) is 11.2. The smallest absolute Gasteiger partial charge is 0.129 e.